The molecular formula is C26H51O10P. The topological polar surface area (TPSA) is 149 Å². The van der Waals surface area contributed by atoms with Gasteiger partial charge in [-0.15, -0.1) is 0 Å². The fourth-order valence-electron chi connectivity index (χ4n) is 3.52. The van der Waals surface area contributed by atoms with Crippen LogP contribution in [0.4, 0.5) is 0 Å². The van der Waals surface area contributed by atoms with Crippen LogP contribution in [-0.4, -0.2) is 65.7 Å². The highest BCUT2D eigenvalue weighted by molar-refractivity contribution is 7.47. The molecule has 0 radical (unpaired) electrons. The summed E-state index contributed by atoms with van der Waals surface area (Å²) in [7, 11) is -4.58. The Bertz CT molecular complexity index is 616. The maximum Gasteiger partial charge on any atom is 0.472 e. The van der Waals surface area contributed by atoms with E-state index in [4.69, 9.17) is 19.1 Å². The van der Waals surface area contributed by atoms with Crippen molar-refractivity contribution in [1.29, 1.82) is 0 Å². The predicted octanol–water partition coefficient (Wildman–Crippen LogP) is 5.21. The molecule has 3 N–H and O–H groups in total. The van der Waals surface area contributed by atoms with Crippen molar-refractivity contribution in [2.24, 2.45) is 0 Å². The number of phosphoric acid groups is 1. The van der Waals surface area contributed by atoms with Crippen LogP contribution in [0.2, 0.25) is 0 Å². The van der Waals surface area contributed by atoms with E-state index in [1.54, 1.807) is 0 Å². The molecule has 0 aromatic rings. The Balaban J connectivity index is 4.46. The van der Waals surface area contributed by atoms with Crippen molar-refractivity contribution in [3.8, 4) is 0 Å². The first-order valence-electron chi connectivity index (χ1n) is 14.0. The number of unbranched alkanes of at least 4 members (excludes halogenated alkanes) is 12. The van der Waals surface area contributed by atoms with Crippen molar-refractivity contribution in [2.75, 3.05) is 26.4 Å². The smallest absolute Gasteiger partial charge is 0.462 e. The first-order valence-corrected chi connectivity index (χ1v) is 15.5. The number of aliphatic hydroxyl groups is 2. The van der Waals surface area contributed by atoms with Gasteiger partial charge in [0, 0.05) is 12.8 Å². The lowest BCUT2D eigenvalue weighted by Crippen LogP contribution is -2.29. The molecule has 3 unspecified atom stereocenters. The Kier molecular flexibility index (Phi) is 23.4. The van der Waals surface area contributed by atoms with Crippen molar-refractivity contribution >= 4 is 19.8 Å². The van der Waals surface area contributed by atoms with Crippen LogP contribution in [0.3, 0.4) is 0 Å². The van der Waals surface area contributed by atoms with E-state index in [9.17, 15) is 24.2 Å². The van der Waals surface area contributed by atoms with E-state index in [-0.39, 0.29) is 19.4 Å². The molecule has 0 bridgehead atoms. The van der Waals surface area contributed by atoms with E-state index in [0.29, 0.717) is 12.8 Å². The van der Waals surface area contributed by atoms with Crippen LogP contribution in [0.5, 0.6) is 0 Å². The molecule has 0 fully saturated rings. The molecule has 0 amide bonds. The second-order valence-corrected chi connectivity index (χ2v) is 10.9. The second kappa shape index (κ2) is 24.0. The number of hydrogen-bond donors (Lipinski definition) is 3. The fourth-order valence-corrected chi connectivity index (χ4v) is 4.31. The Hall–Kier alpha value is -1.03. The molecule has 0 aliphatic carbocycles. The van der Waals surface area contributed by atoms with Crippen molar-refractivity contribution in [3.63, 3.8) is 0 Å². The predicted molar refractivity (Wildman–Crippen MR) is 141 cm³/mol. The summed E-state index contributed by atoms with van der Waals surface area (Å²) in [6.45, 7) is 2.18. The first-order chi connectivity index (χ1) is 17.7. The van der Waals surface area contributed by atoms with Gasteiger partial charge in [0.15, 0.2) is 6.10 Å². The highest BCUT2D eigenvalue weighted by Crippen LogP contribution is 2.43. The summed E-state index contributed by atoms with van der Waals surface area (Å²) in [6.07, 6.45) is 13.0. The third-order valence-electron chi connectivity index (χ3n) is 5.76. The molecule has 10 nitrogen and oxygen atoms in total. The van der Waals surface area contributed by atoms with Crippen LogP contribution >= 0.6 is 7.82 Å². The molecule has 0 saturated heterocycles. The molecule has 220 valence electrons. The van der Waals surface area contributed by atoms with E-state index >= 15 is 0 Å². The van der Waals surface area contributed by atoms with Gasteiger partial charge in [-0.3, -0.25) is 18.6 Å². The Morgan fingerprint density at radius 2 is 1.16 bits per heavy atom. The minimum atomic E-state index is -4.58. The van der Waals surface area contributed by atoms with Gasteiger partial charge in [-0.2, -0.15) is 0 Å². The van der Waals surface area contributed by atoms with Gasteiger partial charge in [0.05, 0.1) is 19.8 Å². The Morgan fingerprint density at radius 1 is 0.703 bits per heavy atom. The maximum atomic E-state index is 12.3. The minimum Gasteiger partial charge on any atom is -0.462 e. The van der Waals surface area contributed by atoms with Crippen molar-refractivity contribution in [3.05, 3.63) is 0 Å². The lowest BCUT2D eigenvalue weighted by Gasteiger charge is -2.20. The minimum absolute atomic E-state index is 0.188. The van der Waals surface area contributed by atoms with E-state index in [1.807, 2.05) is 0 Å². The fraction of sp³-hybridized carbons (Fsp3) is 0.923. The number of esters is 2. The number of carbonyl (C=O) groups excluding carboxylic acids is 2. The van der Waals surface area contributed by atoms with Gasteiger partial charge in [0.2, 0.25) is 0 Å². The average Bonchev–Trinajstić information content (AvgIpc) is 2.88. The normalized spacial score (nSPS) is 14.6. The summed E-state index contributed by atoms with van der Waals surface area (Å²) < 4.78 is 32.0. The molecule has 0 aliphatic rings. The highest BCUT2D eigenvalue weighted by Gasteiger charge is 2.27. The SMILES string of the molecule is CCCCCCCCCCCCC(=O)OC(COC(=O)CCCCCC)COP(=O)(O)OCC(O)CO. The van der Waals surface area contributed by atoms with Gasteiger partial charge < -0.3 is 24.6 Å². The summed E-state index contributed by atoms with van der Waals surface area (Å²) in [4.78, 5) is 34.1. The summed E-state index contributed by atoms with van der Waals surface area (Å²) in [5, 5.41) is 18.1. The summed E-state index contributed by atoms with van der Waals surface area (Å²) in [5.41, 5.74) is 0. The number of carbonyl (C=O) groups is 2. The van der Waals surface area contributed by atoms with Gasteiger partial charge in [-0.05, 0) is 12.8 Å². The molecule has 0 rings (SSSR count). The zero-order valence-corrected chi connectivity index (χ0v) is 23.8. The Morgan fingerprint density at radius 3 is 1.70 bits per heavy atom. The standard InChI is InChI=1S/C26H51O10P/c1-3-5-7-9-10-11-12-13-14-16-18-26(30)36-24(21-33-25(29)17-15-8-6-4-2)22-35-37(31,32)34-20-23(28)19-27/h23-24,27-28H,3-22H2,1-2H3,(H,31,32). The van der Waals surface area contributed by atoms with Crippen molar-refractivity contribution in [1.82, 2.24) is 0 Å². The molecule has 0 heterocycles. The van der Waals surface area contributed by atoms with E-state index < -0.39 is 51.8 Å². The number of ether oxygens (including phenoxy) is 2. The number of aliphatic hydroxyl groups excluding tert-OH is 2. The van der Waals surface area contributed by atoms with E-state index in [1.165, 1.54) is 38.5 Å². The molecular weight excluding hydrogens is 503 g/mol. The molecule has 0 aliphatic heterocycles. The van der Waals surface area contributed by atoms with Crippen LogP contribution in [0, 0.1) is 0 Å². The number of rotatable bonds is 26. The van der Waals surface area contributed by atoms with Crippen LogP contribution in [0.1, 0.15) is 117 Å². The monoisotopic (exact) mass is 554 g/mol. The molecule has 0 aromatic carbocycles. The summed E-state index contributed by atoms with van der Waals surface area (Å²) in [6, 6.07) is 0. The molecule has 0 saturated carbocycles. The van der Waals surface area contributed by atoms with Gasteiger partial charge in [0.1, 0.15) is 12.7 Å². The van der Waals surface area contributed by atoms with Crippen LogP contribution in [0.25, 0.3) is 0 Å². The molecule has 0 spiro atoms. The maximum absolute atomic E-state index is 12.3. The average molecular weight is 555 g/mol. The molecule has 11 heteroatoms. The quantitative estimate of drug-likeness (QED) is 0.0739. The highest BCUT2D eigenvalue weighted by atomic mass is 31.2. The van der Waals surface area contributed by atoms with Crippen LogP contribution < -0.4 is 0 Å². The van der Waals surface area contributed by atoms with Crippen molar-refractivity contribution in [2.45, 2.75) is 129 Å². The molecule has 0 aromatic heterocycles. The summed E-state index contributed by atoms with van der Waals surface area (Å²) in [5.74, 6) is -0.946. The third-order valence-corrected chi connectivity index (χ3v) is 6.71. The van der Waals surface area contributed by atoms with Crippen LogP contribution in [0.15, 0.2) is 0 Å². The van der Waals surface area contributed by atoms with Gasteiger partial charge in [-0.1, -0.05) is 90.9 Å². The third kappa shape index (κ3) is 23.8. The summed E-state index contributed by atoms with van der Waals surface area (Å²) >= 11 is 0. The van der Waals surface area contributed by atoms with Gasteiger partial charge >= 0.3 is 19.8 Å². The van der Waals surface area contributed by atoms with Crippen LogP contribution in [-0.2, 0) is 32.7 Å². The molecule has 37 heavy (non-hydrogen) atoms. The second-order valence-electron chi connectivity index (χ2n) is 9.43. The zero-order valence-electron chi connectivity index (χ0n) is 22.9. The largest absolute Gasteiger partial charge is 0.472 e. The lowest BCUT2D eigenvalue weighted by molar-refractivity contribution is -0.161. The number of hydrogen-bond acceptors (Lipinski definition) is 9. The van der Waals surface area contributed by atoms with E-state index in [2.05, 4.69) is 18.4 Å². The first kappa shape index (κ1) is 36.0. The van der Waals surface area contributed by atoms with Gasteiger partial charge in [0.25, 0.3) is 0 Å². The molecule has 3 atom stereocenters. The van der Waals surface area contributed by atoms with Gasteiger partial charge in [-0.25, -0.2) is 4.57 Å². The lowest BCUT2D eigenvalue weighted by atomic mass is 10.1. The zero-order chi connectivity index (χ0) is 27.8. The number of phosphoric ester groups is 1. The van der Waals surface area contributed by atoms with Crippen molar-refractivity contribution < 1.29 is 47.8 Å². The Labute approximate surface area is 223 Å². The van der Waals surface area contributed by atoms with E-state index in [0.717, 1.165) is 38.5 Å².